The van der Waals surface area contributed by atoms with Gasteiger partial charge in [0.2, 0.25) is 0 Å². The van der Waals surface area contributed by atoms with Crippen LogP contribution in [0.25, 0.3) is 21.1 Å². The lowest BCUT2D eigenvalue weighted by atomic mass is 10.1. The van der Waals surface area contributed by atoms with Crippen molar-refractivity contribution in [3.05, 3.63) is 78.0 Å². The van der Waals surface area contributed by atoms with E-state index in [4.69, 9.17) is 4.98 Å². The lowest BCUT2D eigenvalue weighted by molar-refractivity contribution is 0.0988. The van der Waals surface area contributed by atoms with Gasteiger partial charge in [0.05, 0.1) is 22.1 Å². The molecule has 0 aliphatic rings. The summed E-state index contributed by atoms with van der Waals surface area (Å²) < 4.78 is 3.17. The molecule has 0 saturated carbocycles. The predicted molar refractivity (Wildman–Crippen MR) is 126 cm³/mol. The molecule has 0 aliphatic heterocycles. The highest BCUT2D eigenvalue weighted by Crippen LogP contribution is 2.34. The molecule has 0 saturated heterocycles. The number of hydrogen-bond acceptors (Lipinski definition) is 4. The fourth-order valence-electron chi connectivity index (χ4n) is 3.87. The molecule has 2 aromatic carbocycles. The molecule has 156 valence electrons. The summed E-state index contributed by atoms with van der Waals surface area (Å²) in [6.45, 7) is 5.53. The molecule has 3 aromatic heterocycles. The first-order valence-corrected chi connectivity index (χ1v) is 11.1. The number of thiazole rings is 1. The van der Waals surface area contributed by atoms with Crippen LogP contribution in [0.15, 0.2) is 61.3 Å². The van der Waals surface area contributed by atoms with Crippen LogP contribution in [0, 0.1) is 13.8 Å². The minimum Gasteiger partial charge on any atom is -0.360 e. The zero-order chi connectivity index (χ0) is 21.4. The van der Waals surface area contributed by atoms with E-state index in [0.717, 1.165) is 44.8 Å². The Morgan fingerprint density at radius 2 is 2.00 bits per heavy atom. The predicted octanol–water partition coefficient (Wildman–Crippen LogP) is 5.33. The molecule has 1 amide bonds. The molecule has 3 heterocycles. The van der Waals surface area contributed by atoms with Crippen molar-refractivity contribution in [2.24, 2.45) is 0 Å². The van der Waals surface area contributed by atoms with E-state index in [2.05, 4.69) is 35.9 Å². The van der Waals surface area contributed by atoms with Gasteiger partial charge in [-0.05, 0) is 37.5 Å². The SMILES string of the molecule is Cc1ccc(C)c2sc(N(CCCn3ccnc3)C(=O)c3c[nH]c4ccccc34)nc12. The summed E-state index contributed by atoms with van der Waals surface area (Å²) in [5, 5.41) is 1.67. The number of hydrogen-bond donors (Lipinski definition) is 1. The van der Waals surface area contributed by atoms with E-state index in [1.165, 1.54) is 5.56 Å². The van der Waals surface area contributed by atoms with Crippen molar-refractivity contribution in [2.75, 3.05) is 11.4 Å². The van der Waals surface area contributed by atoms with Gasteiger partial charge in [-0.25, -0.2) is 9.97 Å². The van der Waals surface area contributed by atoms with Crippen LogP contribution in [0.4, 0.5) is 5.13 Å². The Morgan fingerprint density at radius 3 is 2.81 bits per heavy atom. The molecular weight excluding hydrogens is 406 g/mol. The fourth-order valence-corrected chi connectivity index (χ4v) is 5.01. The Bertz CT molecular complexity index is 1330. The van der Waals surface area contributed by atoms with Crippen LogP contribution in [0.1, 0.15) is 27.9 Å². The number of benzene rings is 2. The van der Waals surface area contributed by atoms with Gasteiger partial charge in [0.1, 0.15) is 0 Å². The molecule has 31 heavy (non-hydrogen) atoms. The second kappa shape index (κ2) is 8.00. The molecule has 6 nitrogen and oxygen atoms in total. The van der Waals surface area contributed by atoms with Crippen molar-refractivity contribution in [1.82, 2.24) is 19.5 Å². The summed E-state index contributed by atoms with van der Waals surface area (Å²) in [6.07, 6.45) is 8.12. The maximum atomic E-state index is 13.7. The van der Waals surface area contributed by atoms with Gasteiger partial charge in [0, 0.05) is 42.6 Å². The van der Waals surface area contributed by atoms with Crippen LogP contribution in [-0.2, 0) is 6.54 Å². The number of H-pyrrole nitrogens is 1. The van der Waals surface area contributed by atoms with Crippen LogP contribution < -0.4 is 4.90 Å². The first kappa shape index (κ1) is 19.5. The van der Waals surface area contributed by atoms with Crippen LogP contribution in [0.3, 0.4) is 0 Å². The number of carbonyl (C=O) groups is 1. The molecule has 0 spiro atoms. The zero-order valence-electron chi connectivity index (χ0n) is 17.5. The molecule has 0 aliphatic carbocycles. The number of rotatable bonds is 6. The second-order valence-corrected chi connectivity index (χ2v) is 8.71. The molecule has 7 heteroatoms. The Labute approximate surface area is 184 Å². The number of fused-ring (bicyclic) bond motifs is 2. The Hall–Kier alpha value is -3.45. The lowest BCUT2D eigenvalue weighted by Gasteiger charge is -2.20. The maximum absolute atomic E-state index is 13.7. The molecular formula is C24H23N5OS. The van der Waals surface area contributed by atoms with Gasteiger partial charge in [0.15, 0.2) is 5.13 Å². The Kier molecular flexibility index (Phi) is 5.03. The zero-order valence-corrected chi connectivity index (χ0v) is 18.3. The molecule has 1 N–H and O–H groups in total. The quantitative estimate of drug-likeness (QED) is 0.397. The summed E-state index contributed by atoms with van der Waals surface area (Å²) in [5.74, 6) is -0.0301. The van der Waals surface area contributed by atoms with Gasteiger partial charge in [0.25, 0.3) is 5.91 Å². The summed E-state index contributed by atoms with van der Waals surface area (Å²) in [7, 11) is 0. The molecule has 0 atom stereocenters. The fraction of sp³-hybridized carbons (Fsp3) is 0.208. The van der Waals surface area contributed by atoms with E-state index in [1.807, 2.05) is 39.9 Å². The van der Waals surface area contributed by atoms with Crippen molar-refractivity contribution in [3.8, 4) is 0 Å². The van der Waals surface area contributed by atoms with E-state index in [9.17, 15) is 4.79 Å². The molecule has 5 rings (SSSR count). The van der Waals surface area contributed by atoms with Crippen molar-refractivity contribution >= 4 is 43.5 Å². The summed E-state index contributed by atoms with van der Waals surface area (Å²) in [6, 6.07) is 12.1. The minimum absolute atomic E-state index is 0.0301. The van der Waals surface area contributed by atoms with E-state index in [1.54, 1.807) is 30.1 Å². The third-order valence-corrected chi connectivity index (χ3v) is 6.80. The highest BCUT2D eigenvalue weighted by atomic mass is 32.1. The standard InChI is InChI=1S/C24H23N5OS/c1-16-8-9-17(2)22-21(16)27-24(31-22)29(12-5-11-28-13-10-25-15-28)23(30)19-14-26-20-7-4-3-6-18(19)20/h3-4,6-10,13-15,26H,5,11-12H2,1-2H3. The second-order valence-electron chi connectivity index (χ2n) is 7.73. The van der Waals surface area contributed by atoms with Crippen LogP contribution in [0.5, 0.6) is 0 Å². The average Bonchev–Trinajstić information content (AvgIpc) is 3.53. The van der Waals surface area contributed by atoms with Crippen molar-refractivity contribution in [1.29, 1.82) is 0 Å². The molecule has 0 radical (unpaired) electrons. The van der Waals surface area contributed by atoms with E-state index >= 15 is 0 Å². The van der Waals surface area contributed by atoms with Crippen molar-refractivity contribution < 1.29 is 4.79 Å². The van der Waals surface area contributed by atoms with Gasteiger partial charge in [-0.1, -0.05) is 41.7 Å². The number of anilines is 1. The minimum atomic E-state index is -0.0301. The maximum Gasteiger partial charge on any atom is 0.262 e. The Morgan fingerprint density at radius 1 is 1.16 bits per heavy atom. The van der Waals surface area contributed by atoms with Crippen molar-refractivity contribution in [3.63, 3.8) is 0 Å². The number of imidazole rings is 1. The van der Waals surface area contributed by atoms with Gasteiger partial charge >= 0.3 is 0 Å². The average molecular weight is 430 g/mol. The van der Waals surface area contributed by atoms with E-state index < -0.39 is 0 Å². The third kappa shape index (κ3) is 3.61. The largest absolute Gasteiger partial charge is 0.360 e. The summed E-state index contributed by atoms with van der Waals surface area (Å²) in [4.78, 5) is 27.8. The van der Waals surface area contributed by atoms with Gasteiger partial charge < -0.3 is 9.55 Å². The normalized spacial score (nSPS) is 11.4. The van der Waals surface area contributed by atoms with Crippen molar-refractivity contribution in [2.45, 2.75) is 26.8 Å². The van der Waals surface area contributed by atoms with E-state index in [-0.39, 0.29) is 5.91 Å². The van der Waals surface area contributed by atoms with Crippen LogP contribution in [0.2, 0.25) is 0 Å². The van der Waals surface area contributed by atoms with Gasteiger partial charge in [-0.3, -0.25) is 9.69 Å². The molecule has 0 fully saturated rings. The molecule has 0 unspecified atom stereocenters. The van der Waals surface area contributed by atoms with Crippen LogP contribution >= 0.6 is 11.3 Å². The van der Waals surface area contributed by atoms with Gasteiger partial charge in [-0.2, -0.15) is 0 Å². The Balaban J connectivity index is 1.53. The van der Waals surface area contributed by atoms with Gasteiger partial charge in [-0.15, -0.1) is 0 Å². The molecule has 5 aromatic rings. The number of para-hydroxylation sites is 1. The third-order valence-electron chi connectivity index (χ3n) is 5.58. The number of aromatic nitrogens is 4. The number of carbonyl (C=O) groups excluding carboxylic acids is 1. The smallest absolute Gasteiger partial charge is 0.262 e. The number of aryl methyl sites for hydroxylation is 3. The highest BCUT2D eigenvalue weighted by molar-refractivity contribution is 7.22. The lowest BCUT2D eigenvalue weighted by Crippen LogP contribution is -2.32. The van der Waals surface area contributed by atoms with E-state index in [0.29, 0.717) is 12.1 Å². The number of aromatic amines is 1. The number of nitrogens with one attached hydrogen (secondary N) is 1. The monoisotopic (exact) mass is 429 g/mol. The molecule has 0 bridgehead atoms. The first-order valence-electron chi connectivity index (χ1n) is 10.3. The number of nitrogens with zero attached hydrogens (tertiary/aromatic N) is 4. The topological polar surface area (TPSA) is 66.8 Å². The first-order chi connectivity index (χ1) is 15.1. The summed E-state index contributed by atoms with van der Waals surface area (Å²) in [5.41, 5.74) is 4.92. The van der Waals surface area contributed by atoms with Crippen LogP contribution in [-0.4, -0.2) is 32.0 Å². The highest BCUT2D eigenvalue weighted by Gasteiger charge is 2.24. The summed E-state index contributed by atoms with van der Waals surface area (Å²) >= 11 is 1.59. The number of amides is 1.